The van der Waals surface area contributed by atoms with E-state index in [-0.39, 0.29) is 53.1 Å². The van der Waals surface area contributed by atoms with Gasteiger partial charge in [-0.2, -0.15) is 13.2 Å². The van der Waals surface area contributed by atoms with Gasteiger partial charge in [-0.1, -0.05) is 0 Å². The lowest BCUT2D eigenvalue weighted by Gasteiger charge is -2.37. The number of anilines is 2. The highest BCUT2D eigenvalue weighted by molar-refractivity contribution is 7.92. The molecule has 16 heteroatoms. The number of aromatic nitrogens is 3. The van der Waals surface area contributed by atoms with Gasteiger partial charge in [0.25, 0.3) is 11.8 Å². The van der Waals surface area contributed by atoms with Crippen molar-refractivity contribution in [3.63, 3.8) is 0 Å². The minimum absolute atomic E-state index is 0.00109. The monoisotopic (exact) mass is 635 g/mol. The number of hydrogen-bond acceptors (Lipinski definition) is 8. The summed E-state index contributed by atoms with van der Waals surface area (Å²) in [5, 5.41) is 16.8. The summed E-state index contributed by atoms with van der Waals surface area (Å²) >= 11 is 0. The number of nitrogens with one attached hydrogen (secondary N) is 2. The quantitative estimate of drug-likeness (QED) is 0.307. The summed E-state index contributed by atoms with van der Waals surface area (Å²) in [5.41, 5.74) is 5.16. The van der Waals surface area contributed by atoms with Crippen molar-refractivity contribution in [2.75, 3.05) is 16.7 Å². The van der Waals surface area contributed by atoms with Crippen molar-refractivity contribution in [3.05, 3.63) is 41.1 Å². The normalized spacial score (nSPS) is 23.1. The standard InChI is InChI=1S/C28H32F3N7O5S/c1-14(15-3-4-15)37-13-17-11-16(12-20(21(17)26(37)40)36-44(2,42)43)19-7-10-38-24(34-19)22(23(32)35-38)25(39)33-18-5-8-27(41,9-6-18)28(29,30)31/h7,10-12,14-15,18,36,41H,3-6,8-9,13H2,1-2H3,(H2,32,35)(H,33,39)/t14-,18?,27?/m0/s1. The molecule has 2 saturated carbocycles. The van der Waals surface area contributed by atoms with Gasteiger partial charge in [-0.05, 0) is 75.1 Å². The van der Waals surface area contributed by atoms with E-state index in [1.807, 2.05) is 6.92 Å². The Morgan fingerprint density at radius 1 is 1.20 bits per heavy atom. The summed E-state index contributed by atoms with van der Waals surface area (Å²) in [7, 11) is -3.74. The van der Waals surface area contributed by atoms with E-state index in [4.69, 9.17) is 5.73 Å². The number of hydrogen-bond donors (Lipinski definition) is 4. The highest BCUT2D eigenvalue weighted by Gasteiger charge is 2.54. The van der Waals surface area contributed by atoms with Gasteiger partial charge in [0, 0.05) is 30.4 Å². The van der Waals surface area contributed by atoms with Crippen LogP contribution in [0.15, 0.2) is 24.4 Å². The maximum Gasteiger partial charge on any atom is 0.417 e. The second kappa shape index (κ2) is 10.3. The molecule has 236 valence electrons. The molecule has 0 saturated heterocycles. The van der Waals surface area contributed by atoms with Gasteiger partial charge in [-0.15, -0.1) is 5.10 Å². The highest BCUT2D eigenvalue weighted by atomic mass is 32.2. The molecule has 1 aliphatic heterocycles. The van der Waals surface area contributed by atoms with Gasteiger partial charge in [0.2, 0.25) is 10.0 Å². The van der Waals surface area contributed by atoms with E-state index in [2.05, 4.69) is 20.1 Å². The van der Waals surface area contributed by atoms with Crippen molar-refractivity contribution in [3.8, 4) is 11.3 Å². The van der Waals surface area contributed by atoms with Crippen LogP contribution in [0.1, 0.15) is 71.7 Å². The number of carbonyl (C=O) groups excluding carboxylic acids is 2. The van der Waals surface area contributed by atoms with Crippen LogP contribution in [0.5, 0.6) is 0 Å². The molecule has 2 aliphatic carbocycles. The number of nitrogens with zero attached hydrogens (tertiary/aromatic N) is 4. The molecule has 0 spiro atoms. The Kier molecular flexibility index (Phi) is 7.07. The van der Waals surface area contributed by atoms with E-state index in [9.17, 15) is 36.3 Å². The number of amides is 2. The number of halogens is 3. The van der Waals surface area contributed by atoms with E-state index in [1.54, 1.807) is 17.0 Å². The Bertz CT molecular complexity index is 1780. The molecule has 12 nitrogen and oxygen atoms in total. The first-order chi connectivity index (χ1) is 20.5. The fourth-order valence-electron chi connectivity index (χ4n) is 6.17. The highest BCUT2D eigenvalue weighted by Crippen LogP contribution is 2.42. The van der Waals surface area contributed by atoms with Crippen molar-refractivity contribution in [2.45, 2.75) is 75.9 Å². The first kappa shape index (κ1) is 30.1. The second-order valence-corrected chi connectivity index (χ2v) is 13.8. The Morgan fingerprint density at radius 3 is 2.50 bits per heavy atom. The van der Waals surface area contributed by atoms with Gasteiger partial charge < -0.3 is 21.1 Å². The summed E-state index contributed by atoms with van der Waals surface area (Å²) in [6.07, 6.45) is -1.43. The fourth-order valence-corrected chi connectivity index (χ4v) is 6.73. The summed E-state index contributed by atoms with van der Waals surface area (Å²) in [4.78, 5) is 33.0. The lowest BCUT2D eigenvalue weighted by Crippen LogP contribution is -2.51. The molecule has 2 amide bonds. The fraction of sp³-hybridized carbons (Fsp3) is 0.500. The summed E-state index contributed by atoms with van der Waals surface area (Å²) < 4.78 is 67.9. The molecule has 1 atom stereocenters. The van der Waals surface area contributed by atoms with Crippen LogP contribution < -0.4 is 15.8 Å². The molecular weight excluding hydrogens is 603 g/mol. The predicted octanol–water partition coefficient (Wildman–Crippen LogP) is 3.07. The zero-order valence-electron chi connectivity index (χ0n) is 24.0. The zero-order chi connectivity index (χ0) is 31.8. The predicted molar refractivity (Wildman–Crippen MR) is 154 cm³/mol. The van der Waals surface area contributed by atoms with Crippen LogP contribution in [0.2, 0.25) is 0 Å². The SMILES string of the molecule is C[C@@H](C1CC1)N1Cc2cc(-c3ccn4nc(N)c(C(=O)NC5CCC(O)(C(F)(F)F)CC5)c4n3)cc(NS(C)(=O)=O)c2C1=O. The molecule has 0 bridgehead atoms. The van der Waals surface area contributed by atoms with Crippen molar-refractivity contribution < 1.29 is 36.3 Å². The first-order valence-electron chi connectivity index (χ1n) is 14.3. The molecule has 3 heterocycles. The lowest BCUT2D eigenvalue weighted by atomic mass is 9.81. The largest absolute Gasteiger partial charge is 0.417 e. The number of rotatable bonds is 7. The maximum absolute atomic E-state index is 13.4. The van der Waals surface area contributed by atoms with Crippen molar-refractivity contribution in [2.24, 2.45) is 5.92 Å². The van der Waals surface area contributed by atoms with Crippen molar-refractivity contribution >= 4 is 39.0 Å². The number of nitrogen functional groups attached to an aromatic ring is 1. The van der Waals surface area contributed by atoms with E-state index in [0.717, 1.165) is 19.1 Å². The van der Waals surface area contributed by atoms with E-state index in [0.29, 0.717) is 29.3 Å². The van der Waals surface area contributed by atoms with Gasteiger partial charge in [-0.3, -0.25) is 14.3 Å². The number of aliphatic hydroxyl groups is 1. The summed E-state index contributed by atoms with van der Waals surface area (Å²) in [5.74, 6) is -0.657. The average molecular weight is 636 g/mol. The van der Waals surface area contributed by atoms with Gasteiger partial charge in [0.15, 0.2) is 17.1 Å². The van der Waals surface area contributed by atoms with Crippen LogP contribution in [0.25, 0.3) is 16.9 Å². The molecule has 3 aromatic rings. The Morgan fingerprint density at radius 2 is 1.89 bits per heavy atom. The average Bonchev–Trinajstić information content (AvgIpc) is 3.65. The van der Waals surface area contributed by atoms with Crippen LogP contribution in [-0.2, 0) is 16.6 Å². The van der Waals surface area contributed by atoms with Gasteiger partial charge in [0.1, 0.15) is 5.56 Å². The van der Waals surface area contributed by atoms with Crippen LogP contribution >= 0.6 is 0 Å². The zero-order valence-corrected chi connectivity index (χ0v) is 24.8. The van der Waals surface area contributed by atoms with Gasteiger partial charge in [0.05, 0.1) is 23.2 Å². The number of benzene rings is 1. The van der Waals surface area contributed by atoms with Crippen molar-refractivity contribution in [1.82, 2.24) is 24.8 Å². The number of fused-ring (bicyclic) bond motifs is 2. The summed E-state index contributed by atoms with van der Waals surface area (Å²) in [6.45, 7) is 2.29. The Labute approximate surface area is 250 Å². The first-order valence-corrected chi connectivity index (χ1v) is 16.1. The van der Waals surface area contributed by atoms with Gasteiger partial charge >= 0.3 is 6.18 Å². The Balaban J connectivity index is 1.32. The molecule has 44 heavy (non-hydrogen) atoms. The smallest absolute Gasteiger partial charge is 0.381 e. The molecule has 0 radical (unpaired) electrons. The second-order valence-electron chi connectivity index (χ2n) is 12.1. The third-order valence-electron chi connectivity index (χ3n) is 8.84. The Hall–Kier alpha value is -3.92. The van der Waals surface area contributed by atoms with E-state index >= 15 is 0 Å². The molecule has 1 aromatic carbocycles. The van der Waals surface area contributed by atoms with Crippen LogP contribution in [0.3, 0.4) is 0 Å². The van der Waals surface area contributed by atoms with Gasteiger partial charge in [-0.25, -0.2) is 17.9 Å². The third kappa shape index (κ3) is 5.44. The topological polar surface area (TPSA) is 172 Å². The van der Waals surface area contributed by atoms with Crippen LogP contribution in [0.4, 0.5) is 24.7 Å². The third-order valence-corrected chi connectivity index (χ3v) is 9.43. The number of alkyl halides is 3. The molecule has 2 fully saturated rings. The van der Waals surface area contributed by atoms with E-state index < -0.39 is 46.6 Å². The molecular formula is C28H32F3N7O5S. The molecule has 3 aliphatic rings. The van der Waals surface area contributed by atoms with E-state index in [1.165, 1.54) is 16.8 Å². The minimum atomic E-state index is -4.76. The molecule has 0 unspecified atom stereocenters. The molecule has 2 aromatic heterocycles. The van der Waals surface area contributed by atoms with Crippen molar-refractivity contribution in [1.29, 1.82) is 0 Å². The number of sulfonamides is 1. The summed E-state index contributed by atoms with van der Waals surface area (Å²) in [6, 6.07) is 4.27. The van der Waals surface area contributed by atoms with Crippen LogP contribution in [0, 0.1) is 5.92 Å². The minimum Gasteiger partial charge on any atom is -0.381 e. The number of nitrogens with two attached hydrogens (primary N) is 1. The van der Waals surface area contributed by atoms with Crippen LogP contribution in [-0.4, -0.2) is 75.0 Å². The molecule has 5 N–H and O–H groups in total. The maximum atomic E-state index is 13.4. The molecule has 6 rings (SSSR count). The number of carbonyl (C=O) groups is 2. The lowest BCUT2D eigenvalue weighted by molar-refractivity contribution is -0.270.